The summed E-state index contributed by atoms with van der Waals surface area (Å²) in [5, 5.41) is 3.08. The Balaban J connectivity index is 1.92. The zero-order chi connectivity index (χ0) is 18.9. The number of hydrogen-bond acceptors (Lipinski definition) is 3. The molecule has 0 fully saturated rings. The Kier molecular flexibility index (Phi) is 8.13. The number of carbonyl (C=O) groups is 1. The number of hydrogen-bond donors (Lipinski definition) is 1. The van der Waals surface area contributed by atoms with Gasteiger partial charge in [0.05, 0.1) is 0 Å². The molecule has 1 atom stereocenters. The molecule has 0 unspecified atom stereocenters. The Hall–Kier alpha value is -1.85. The fourth-order valence-corrected chi connectivity index (χ4v) is 2.99. The summed E-state index contributed by atoms with van der Waals surface area (Å²) >= 11 is 3.41. The molecular weight excluding hydrogens is 392 g/mol. The van der Waals surface area contributed by atoms with E-state index in [4.69, 9.17) is 4.74 Å². The van der Waals surface area contributed by atoms with E-state index in [2.05, 4.69) is 40.0 Å². The number of nitrogens with one attached hydrogen (secondary N) is 1. The van der Waals surface area contributed by atoms with Gasteiger partial charge in [-0.25, -0.2) is 0 Å². The number of ether oxygens (including phenoxy) is 1. The third-order valence-electron chi connectivity index (χ3n) is 4.21. The second-order valence-corrected chi connectivity index (χ2v) is 7.22. The molecule has 0 aliphatic carbocycles. The summed E-state index contributed by atoms with van der Waals surface area (Å²) in [6, 6.07) is 15.4. The van der Waals surface area contributed by atoms with Gasteiger partial charge in [0, 0.05) is 22.6 Å². The van der Waals surface area contributed by atoms with E-state index >= 15 is 0 Å². The highest BCUT2D eigenvalue weighted by Crippen LogP contribution is 2.17. The lowest BCUT2D eigenvalue weighted by Gasteiger charge is -2.23. The molecule has 1 N–H and O–H groups in total. The van der Waals surface area contributed by atoms with Crippen molar-refractivity contribution < 1.29 is 9.53 Å². The van der Waals surface area contributed by atoms with E-state index in [1.165, 1.54) is 0 Å². The number of halogens is 1. The van der Waals surface area contributed by atoms with Gasteiger partial charge in [-0.3, -0.25) is 4.79 Å². The van der Waals surface area contributed by atoms with Gasteiger partial charge in [-0.2, -0.15) is 0 Å². The molecule has 4 nitrogen and oxygen atoms in total. The second-order valence-electron chi connectivity index (χ2n) is 6.30. The summed E-state index contributed by atoms with van der Waals surface area (Å²) in [5.41, 5.74) is 1.63. The fraction of sp³-hybridized carbons (Fsp3) is 0.381. The molecule has 140 valence electrons. The molecule has 0 bridgehead atoms. The molecule has 0 heterocycles. The Morgan fingerprint density at radius 1 is 1.15 bits per heavy atom. The van der Waals surface area contributed by atoms with Crippen molar-refractivity contribution in [2.45, 2.75) is 33.4 Å². The number of likely N-dealkylation sites (N-methyl/N-ethyl adjacent to an activating group) is 1. The van der Waals surface area contributed by atoms with Crippen LogP contribution in [0, 0.1) is 0 Å². The van der Waals surface area contributed by atoms with Crippen molar-refractivity contribution in [3.05, 3.63) is 64.1 Å². The van der Waals surface area contributed by atoms with Gasteiger partial charge < -0.3 is 15.0 Å². The van der Waals surface area contributed by atoms with Crippen LogP contribution < -0.4 is 10.1 Å². The predicted octanol–water partition coefficient (Wildman–Crippen LogP) is 4.49. The number of benzene rings is 2. The number of nitrogens with zero attached hydrogens (tertiary/aromatic N) is 1. The van der Waals surface area contributed by atoms with Crippen molar-refractivity contribution in [2.75, 3.05) is 19.6 Å². The number of rotatable bonds is 9. The van der Waals surface area contributed by atoms with E-state index in [-0.39, 0.29) is 11.9 Å². The van der Waals surface area contributed by atoms with Gasteiger partial charge in [0.25, 0.3) is 5.91 Å². The molecule has 2 aromatic carbocycles. The molecule has 5 heteroatoms. The van der Waals surface area contributed by atoms with Crippen molar-refractivity contribution in [1.29, 1.82) is 0 Å². The fourth-order valence-electron chi connectivity index (χ4n) is 2.72. The minimum absolute atomic E-state index is 0.0462. The Morgan fingerprint density at radius 3 is 2.50 bits per heavy atom. The highest BCUT2D eigenvalue weighted by Gasteiger charge is 2.12. The topological polar surface area (TPSA) is 41.6 Å². The third-order valence-corrected chi connectivity index (χ3v) is 4.74. The van der Waals surface area contributed by atoms with Crippen LogP contribution in [0.2, 0.25) is 0 Å². The van der Waals surface area contributed by atoms with Crippen molar-refractivity contribution in [3.8, 4) is 5.75 Å². The minimum Gasteiger partial charge on any atom is -0.489 e. The molecule has 26 heavy (non-hydrogen) atoms. The zero-order valence-corrected chi connectivity index (χ0v) is 17.3. The molecule has 2 rings (SSSR count). The Morgan fingerprint density at radius 2 is 1.85 bits per heavy atom. The molecule has 0 aliphatic rings. The molecule has 0 spiro atoms. The predicted molar refractivity (Wildman–Crippen MR) is 110 cm³/mol. The van der Waals surface area contributed by atoms with Gasteiger partial charge in [-0.05, 0) is 62.0 Å². The van der Waals surface area contributed by atoms with E-state index in [1.54, 1.807) is 0 Å². The van der Waals surface area contributed by atoms with Crippen LogP contribution in [0.25, 0.3) is 0 Å². The SMILES string of the molecule is CCN(CC)C[C@@H](C)NC(=O)c1cccc(COc2ccc(Br)cc2)c1. The first-order valence-electron chi connectivity index (χ1n) is 9.02. The van der Waals surface area contributed by atoms with Crippen molar-refractivity contribution in [1.82, 2.24) is 10.2 Å². The van der Waals surface area contributed by atoms with Crippen LogP contribution in [0.3, 0.4) is 0 Å². The summed E-state index contributed by atoms with van der Waals surface area (Å²) in [4.78, 5) is 14.8. The van der Waals surface area contributed by atoms with Gasteiger partial charge in [0.1, 0.15) is 12.4 Å². The molecular formula is C21H27BrN2O2. The number of carbonyl (C=O) groups excluding carboxylic acids is 1. The van der Waals surface area contributed by atoms with Crippen molar-refractivity contribution >= 4 is 21.8 Å². The minimum atomic E-state index is -0.0462. The van der Waals surface area contributed by atoms with E-state index in [0.29, 0.717) is 12.2 Å². The molecule has 2 aromatic rings. The summed E-state index contributed by atoms with van der Waals surface area (Å²) in [6.07, 6.45) is 0. The third kappa shape index (κ3) is 6.46. The average molecular weight is 419 g/mol. The van der Waals surface area contributed by atoms with Crippen molar-refractivity contribution in [2.24, 2.45) is 0 Å². The van der Waals surface area contributed by atoms with E-state index in [9.17, 15) is 4.79 Å². The first kappa shape index (κ1) is 20.5. The quantitative estimate of drug-likeness (QED) is 0.651. The maximum absolute atomic E-state index is 12.5. The average Bonchev–Trinajstić information content (AvgIpc) is 2.65. The zero-order valence-electron chi connectivity index (χ0n) is 15.7. The molecule has 0 aliphatic heterocycles. The first-order chi connectivity index (χ1) is 12.5. The van der Waals surface area contributed by atoms with Crippen molar-refractivity contribution in [3.63, 3.8) is 0 Å². The summed E-state index contributed by atoms with van der Waals surface area (Å²) in [5.74, 6) is 0.756. The molecule has 0 saturated heterocycles. The lowest BCUT2D eigenvalue weighted by molar-refractivity contribution is 0.0930. The summed E-state index contributed by atoms with van der Waals surface area (Å²) < 4.78 is 6.80. The van der Waals surface area contributed by atoms with Crippen LogP contribution >= 0.6 is 15.9 Å². The monoisotopic (exact) mass is 418 g/mol. The van der Waals surface area contributed by atoms with Crippen LogP contribution in [0.1, 0.15) is 36.7 Å². The molecule has 0 saturated carbocycles. The molecule has 1 amide bonds. The van der Waals surface area contributed by atoms with Crippen LogP contribution in [0.15, 0.2) is 53.0 Å². The van der Waals surface area contributed by atoms with Gasteiger partial charge in [-0.15, -0.1) is 0 Å². The largest absolute Gasteiger partial charge is 0.489 e. The van der Waals surface area contributed by atoms with Gasteiger partial charge >= 0.3 is 0 Å². The first-order valence-corrected chi connectivity index (χ1v) is 9.81. The normalized spacial score (nSPS) is 12.0. The van der Waals surface area contributed by atoms with Crippen LogP contribution in [0.4, 0.5) is 0 Å². The lowest BCUT2D eigenvalue weighted by Crippen LogP contribution is -2.41. The smallest absolute Gasteiger partial charge is 0.251 e. The highest BCUT2D eigenvalue weighted by molar-refractivity contribution is 9.10. The van der Waals surface area contributed by atoms with Gasteiger partial charge in [-0.1, -0.05) is 41.9 Å². The molecule has 0 radical (unpaired) electrons. The second kappa shape index (κ2) is 10.3. The van der Waals surface area contributed by atoms with Gasteiger partial charge in [0.2, 0.25) is 0 Å². The summed E-state index contributed by atoms with van der Waals surface area (Å²) in [6.45, 7) is 9.55. The van der Waals surface area contributed by atoms with Crippen LogP contribution in [0.5, 0.6) is 5.75 Å². The standard InChI is InChI=1S/C21H27BrN2O2/c1-4-24(5-2)14-16(3)23-21(25)18-8-6-7-17(13-18)15-26-20-11-9-19(22)10-12-20/h6-13,16H,4-5,14-15H2,1-3H3,(H,23,25)/t16-/m1/s1. The van der Waals surface area contributed by atoms with Crippen LogP contribution in [-0.2, 0) is 6.61 Å². The highest BCUT2D eigenvalue weighted by atomic mass is 79.9. The molecule has 0 aromatic heterocycles. The van der Waals surface area contributed by atoms with Gasteiger partial charge in [0.15, 0.2) is 0 Å². The van der Waals surface area contributed by atoms with E-state index in [1.807, 2.05) is 55.5 Å². The van der Waals surface area contributed by atoms with Crippen LogP contribution in [-0.4, -0.2) is 36.5 Å². The van der Waals surface area contributed by atoms with E-state index < -0.39 is 0 Å². The van der Waals surface area contributed by atoms with E-state index in [0.717, 1.165) is 35.4 Å². The lowest BCUT2D eigenvalue weighted by atomic mass is 10.1. The number of amides is 1. The maximum atomic E-state index is 12.5. The Labute approximate surface area is 164 Å². The Bertz CT molecular complexity index is 699. The maximum Gasteiger partial charge on any atom is 0.251 e. The summed E-state index contributed by atoms with van der Waals surface area (Å²) in [7, 11) is 0.